The van der Waals surface area contributed by atoms with E-state index < -0.39 is 35.2 Å². The van der Waals surface area contributed by atoms with Gasteiger partial charge in [-0.2, -0.15) is 0 Å². The van der Waals surface area contributed by atoms with E-state index in [9.17, 15) is 19.2 Å². The summed E-state index contributed by atoms with van der Waals surface area (Å²) in [5, 5.41) is 5.31. The fourth-order valence-corrected chi connectivity index (χ4v) is 2.65. The minimum atomic E-state index is -1.10. The van der Waals surface area contributed by atoms with Crippen LogP contribution < -0.4 is 10.6 Å². The molecule has 2 N–H and O–H groups in total. The van der Waals surface area contributed by atoms with E-state index in [1.54, 1.807) is 60.7 Å². The van der Waals surface area contributed by atoms with Gasteiger partial charge in [0.25, 0.3) is 0 Å². The molecular formula is C21H22N2O4. The first kappa shape index (κ1) is 20.0. The molecule has 2 amide bonds. The SMILES string of the molecule is CC(=O)[C@H](C[C@@H](C(C)=O)C(=O)Nc1ccccc1)C(=O)Nc1ccccc1. The third-order valence-corrected chi connectivity index (χ3v) is 4.17. The fourth-order valence-electron chi connectivity index (χ4n) is 2.65. The van der Waals surface area contributed by atoms with E-state index in [2.05, 4.69) is 10.6 Å². The lowest BCUT2D eigenvalue weighted by atomic mass is 9.88. The van der Waals surface area contributed by atoms with Crippen LogP contribution in [0, 0.1) is 11.8 Å². The van der Waals surface area contributed by atoms with E-state index in [1.165, 1.54) is 13.8 Å². The van der Waals surface area contributed by atoms with Crippen LogP contribution in [0.1, 0.15) is 20.3 Å². The highest BCUT2D eigenvalue weighted by Gasteiger charge is 2.33. The highest BCUT2D eigenvalue weighted by Crippen LogP contribution is 2.20. The van der Waals surface area contributed by atoms with Crippen LogP contribution in [-0.2, 0) is 19.2 Å². The number of para-hydroxylation sites is 2. The smallest absolute Gasteiger partial charge is 0.234 e. The summed E-state index contributed by atoms with van der Waals surface area (Å²) in [5.74, 6) is -4.06. The molecule has 6 nitrogen and oxygen atoms in total. The number of ketones is 2. The molecule has 0 aliphatic heterocycles. The minimum Gasteiger partial charge on any atom is -0.325 e. The van der Waals surface area contributed by atoms with Gasteiger partial charge in [0.1, 0.15) is 11.6 Å². The molecule has 0 unspecified atom stereocenters. The minimum absolute atomic E-state index is 0.179. The lowest BCUT2D eigenvalue weighted by Gasteiger charge is -2.19. The molecule has 0 aliphatic carbocycles. The number of nitrogens with one attached hydrogen (secondary N) is 2. The summed E-state index contributed by atoms with van der Waals surface area (Å²) in [6.45, 7) is 2.56. The quantitative estimate of drug-likeness (QED) is 0.702. The Hall–Kier alpha value is -3.28. The fraction of sp³-hybridized carbons (Fsp3) is 0.238. The molecule has 0 spiro atoms. The van der Waals surface area contributed by atoms with E-state index in [0.717, 1.165) is 0 Å². The first-order valence-corrected chi connectivity index (χ1v) is 8.61. The second-order valence-corrected chi connectivity index (χ2v) is 6.27. The van der Waals surface area contributed by atoms with Crippen LogP contribution in [0.2, 0.25) is 0 Å². The number of hydrogen-bond donors (Lipinski definition) is 2. The van der Waals surface area contributed by atoms with Crippen LogP contribution in [0.3, 0.4) is 0 Å². The molecule has 0 bridgehead atoms. The molecule has 0 saturated carbocycles. The van der Waals surface area contributed by atoms with Crippen molar-refractivity contribution in [3.8, 4) is 0 Å². The van der Waals surface area contributed by atoms with Gasteiger partial charge < -0.3 is 10.6 Å². The van der Waals surface area contributed by atoms with Gasteiger partial charge in [-0.05, 0) is 44.5 Å². The van der Waals surface area contributed by atoms with E-state index in [1.807, 2.05) is 0 Å². The zero-order valence-corrected chi connectivity index (χ0v) is 15.3. The van der Waals surface area contributed by atoms with Gasteiger partial charge in [-0.15, -0.1) is 0 Å². The average Bonchev–Trinajstić information content (AvgIpc) is 2.63. The third kappa shape index (κ3) is 5.88. The summed E-state index contributed by atoms with van der Waals surface area (Å²) >= 11 is 0. The standard InChI is InChI=1S/C21H22N2O4/c1-14(24)18(20(26)22-16-9-5-3-6-10-16)13-19(15(2)25)21(27)23-17-11-7-4-8-12-17/h3-12,18-19H,13H2,1-2H3,(H,22,26)(H,23,27)/t18-,19-/m0/s1. The molecular weight excluding hydrogens is 344 g/mol. The van der Waals surface area contributed by atoms with Gasteiger partial charge in [-0.1, -0.05) is 36.4 Å². The Balaban J connectivity index is 2.12. The number of amides is 2. The van der Waals surface area contributed by atoms with Crippen molar-refractivity contribution in [3.63, 3.8) is 0 Å². The molecule has 0 heterocycles. The average molecular weight is 366 g/mol. The van der Waals surface area contributed by atoms with Gasteiger partial charge in [0.15, 0.2) is 0 Å². The zero-order valence-electron chi connectivity index (χ0n) is 15.3. The molecule has 2 atom stereocenters. The maximum absolute atomic E-state index is 12.5. The van der Waals surface area contributed by atoms with Crippen LogP contribution in [0.5, 0.6) is 0 Å². The number of rotatable bonds is 8. The summed E-state index contributed by atoms with van der Waals surface area (Å²) in [6.07, 6.45) is -0.179. The van der Waals surface area contributed by atoms with Gasteiger partial charge >= 0.3 is 0 Å². The van der Waals surface area contributed by atoms with Crippen LogP contribution in [0.25, 0.3) is 0 Å². The summed E-state index contributed by atoms with van der Waals surface area (Å²) in [5.41, 5.74) is 1.09. The van der Waals surface area contributed by atoms with Crippen molar-refractivity contribution in [2.75, 3.05) is 10.6 Å². The van der Waals surface area contributed by atoms with E-state index in [4.69, 9.17) is 0 Å². The number of Topliss-reactive ketones (excluding diaryl/α,β-unsaturated/α-hetero) is 2. The predicted molar refractivity (Wildman–Crippen MR) is 103 cm³/mol. The molecule has 140 valence electrons. The Morgan fingerprint density at radius 1 is 0.667 bits per heavy atom. The Bertz CT molecular complexity index is 749. The van der Waals surface area contributed by atoms with E-state index in [-0.39, 0.29) is 6.42 Å². The molecule has 0 fully saturated rings. The molecule has 2 rings (SSSR count). The van der Waals surface area contributed by atoms with Crippen molar-refractivity contribution < 1.29 is 19.2 Å². The normalized spacial score (nSPS) is 12.5. The Morgan fingerprint density at radius 3 is 1.30 bits per heavy atom. The Morgan fingerprint density at radius 2 is 1.00 bits per heavy atom. The summed E-state index contributed by atoms with van der Waals surface area (Å²) in [4.78, 5) is 49.1. The third-order valence-electron chi connectivity index (χ3n) is 4.17. The topological polar surface area (TPSA) is 92.3 Å². The van der Waals surface area contributed by atoms with Crippen LogP contribution in [-0.4, -0.2) is 23.4 Å². The maximum atomic E-state index is 12.5. The van der Waals surface area contributed by atoms with Crippen LogP contribution >= 0.6 is 0 Å². The molecule has 0 saturated heterocycles. The molecule has 0 aromatic heterocycles. The number of anilines is 2. The maximum Gasteiger partial charge on any atom is 0.234 e. The van der Waals surface area contributed by atoms with Crippen molar-refractivity contribution in [1.82, 2.24) is 0 Å². The number of carbonyl (C=O) groups excluding carboxylic acids is 4. The van der Waals surface area contributed by atoms with E-state index >= 15 is 0 Å². The first-order valence-electron chi connectivity index (χ1n) is 8.61. The van der Waals surface area contributed by atoms with Gasteiger partial charge in [-0.25, -0.2) is 0 Å². The lowest BCUT2D eigenvalue weighted by molar-refractivity contribution is -0.133. The van der Waals surface area contributed by atoms with Gasteiger partial charge in [0, 0.05) is 11.4 Å². The Labute approximate surface area is 158 Å². The molecule has 2 aromatic carbocycles. The highest BCUT2D eigenvalue weighted by atomic mass is 16.2. The van der Waals surface area contributed by atoms with Crippen molar-refractivity contribution in [2.24, 2.45) is 11.8 Å². The number of benzene rings is 2. The molecule has 2 aromatic rings. The van der Waals surface area contributed by atoms with Gasteiger partial charge in [0.2, 0.25) is 11.8 Å². The summed E-state index contributed by atoms with van der Waals surface area (Å²) < 4.78 is 0. The summed E-state index contributed by atoms with van der Waals surface area (Å²) in [6, 6.07) is 17.4. The van der Waals surface area contributed by atoms with Crippen LogP contribution in [0.4, 0.5) is 11.4 Å². The second-order valence-electron chi connectivity index (χ2n) is 6.27. The first-order chi connectivity index (χ1) is 12.9. The lowest BCUT2D eigenvalue weighted by Crippen LogP contribution is -2.36. The molecule has 0 aliphatic rings. The largest absolute Gasteiger partial charge is 0.325 e. The van der Waals surface area contributed by atoms with Crippen molar-refractivity contribution in [3.05, 3.63) is 60.7 Å². The molecule has 6 heteroatoms. The van der Waals surface area contributed by atoms with Crippen LogP contribution in [0.15, 0.2) is 60.7 Å². The Kier molecular flexibility index (Phi) is 7.00. The predicted octanol–water partition coefficient (Wildman–Crippen LogP) is 3.06. The highest BCUT2D eigenvalue weighted by molar-refractivity contribution is 6.10. The van der Waals surface area contributed by atoms with E-state index in [0.29, 0.717) is 11.4 Å². The van der Waals surface area contributed by atoms with Gasteiger partial charge in [0.05, 0.1) is 11.8 Å². The monoisotopic (exact) mass is 366 g/mol. The zero-order chi connectivity index (χ0) is 19.8. The second kappa shape index (κ2) is 9.43. The van der Waals surface area contributed by atoms with Crippen molar-refractivity contribution in [2.45, 2.75) is 20.3 Å². The molecule has 0 radical (unpaired) electrons. The number of hydrogen-bond acceptors (Lipinski definition) is 4. The molecule has 27 heavy (non-hydrogen) atoms. The van der Waals surface area contributed by atoms with Gasteiger partial charge in [-0.3, -0.25) is 19.2 Å². The number of carbonyl (C=O) groups is 4. The van der Waals surface area contributed by atoms with Crippen molar-refractivity contribution >= 4 is 34.8 Å². The summed E-state index contributed by atoms with van der Waals surface area (Å²) in [7, 11) is 0. The van der Waals surface area contributed by atoms with Crippen molar-refractivity contribution in [1.29, 1.82) is 0 Å².